The van der Waals surface area contributed by atoms with Crippen molar-refractivity contribution in [3.63, 3.8) is 0 Å². The molecule has 1 atom stereocenters. The first kappa shape index (κ1) is 22.1. The van der Waals surface area contributed by atoms with E-state index in [9.17, 15) is 22.4 Å². The normalized spacial score (nSPS) is 12.2. The maximum Gasteiger partial charge on any atom is 0.249 e. The molecule has 0 saturated heterocycles. The Morgan fingerprint density at radius 1 is 1.12 bits per heavy atom. The third-order valence-electron chi connectivity index (χ3n) is 4.74. The van der Waals surface area contributed by atoms with Gasteiger partial charge in [-0.15, -0.1) is 0 Å². The van der Waals surface area contributed by atoms with Gasteiger partial charge in [0.15, 0.2) is 17.5 Å². The molecule has 8 nitrogen and oxygen atoms in total. The molecule has 3 heterocycles. The van der Waals surface area contributed by atoms with Gasteiger partial charge in [-0.3, -0.25) is 4.68 Å². The van der Waals surface area contributed by atoms with Crippen molar-refractivity contribution in [2.24, 2.45) is 5.92 Å². The number of carbonyl (C=O) groups is 1. The molecule has 0 saturated carbocycles. The third kappa shape index (κ3) is 4.89. The summed E-state index contributed by atoms with van der Waals surface area (Å²) in [7, 11) is 0. The van der Waals surface area contributed by atoms with Crippen LogP contribution in [0.1, 0.15) is 5.56 Å². The molecule has 1 aromatic carbocycles. The minimum Gasteiger partial charge on any atom is -0.367 e. The lowest BCUT2D eigenvalue weighted by Gasteiger charge is -2.11. The van der Waals surface area contributed by atoms with Crippen molar-refractivity contribution >= 4 is 12.1 Å². The Labute approximate surface area is 184 Å². The SMILES string of the molecule is O=CC(CNc1nc(-c2cc(-c3ccon3)n(Cc3ccccc3F)n2)ncc1F)C(F)F. The van der Waals surface area contributed by atoms with Crippen LogP contribution in [-0.4, -0.2) is 44.2 Å². The molecule has 0 spiro atoms. The highest BCUT2D eigenvalue weighted by atomic mass is 19.3. The van der Waals surface area contributed by atoms with Crippen LogP contribution in [0.25, 0.3) is 22.9 Å². The quantitative estimate of drug-likeness (QED) is 0.300. The zero-order chi connectivity index (χ0) is 23.4. The van der Waals surface area contributed by atoms with E-state index >= 15 is 0 Å². The summed E-state index contributed by atoms with van der Waals surface area (Å²) in [4.78, 5) is 18.7. The van der Waals surface area contributed by atoms with E-state index < -0.39 is 30.5 Å². The highest BCUT2D eigenvalue weighted by Crippen LogP contribution is 2.26. The maximum atomic E-state index is 14.2. The molecule has 0 aliphatic rings. The van der Waals surface area contributed by atoms with Gasteiger partial charge in [0, 0.05) is 18.2 Å². The number of aromatic nitrogens is 5. The fraction of sp³-hybridized carbons (Fsp3) is 0.190. The van der Waals surface area contributed by atoms with Gasteiger partial charge >= 0.3 is 0 Å². The second-order valence-corrected chi connectivity index (χ2v) is 6.95. The Kier molecular flexibility index (Phi) is 6.43. The topological polar surface area (TPSA) is 98.7 Å². The molecule has 0 aliphatic carbocycles. The number of hydrogen-bond donors (Lipinski definition) is 1. The number of carbonyl (C=O) groups excluding carboxylic acids is 1. The predicted molar refractivity (Wildman–Crippen MR) is 108 cm³/mol. The highest BCUT2D eigenvalue weighted by molar-refractivity contribution is 5.63. The molecule has 1 N–H and O–H groups in total. The van der Waals surface area contributed by atoms with E-state index in [-0.39, 0.29) is 30.2 Å². The number of nitrogens with one attached hydrogen (secondary N) is 1. The van der Waals surface area contributed by atoms with E-state index in [0.717, 1.165) is 6.20 Å². The Balaban J connectivity index is 1.68. The molecule has 1 unspecified atom stereocenters. The van der Waals surface area contributed by atoms with E-state index in [0.29, 0.717) is 17.0 Å². The fourth-order valence-electron chi connectivity index (χ4n) is 3.01. The van der Waals surface area contributed by atoms with Crippen molar-refractivity contribution in [3.05, 3.63) is 66.1 Å². The number of benzene rings is 1. The lowest BCUT2D eigenvalue weighted by molar-refractivity contribution is -0.114. The summed E-state index contributed by atoms with van der Waals surface area (Å²) >= 11 is 0. The molecular weight excluding hydrogens is 444 g/mol. The minimum absolute atomic E-state index is 0.0179. The zero-order valence-corrected chi connectivity index (χ0v) is 16.8. The van der Waals surface area contributed by atoms with E-state index in [1.165, 1.54) is 17.0 Å². The summed E-state index contributed by atoms with van der Waals surface area (Å²) in [5, 5.41) is 10.7. The number of nitrogens with zero attached hydrogens (tertiary/aromatic N) is 5. The first-order valence-corrected chi connectivity index (χ1v) is 9.68. The van der Waals surface area contributed by atoms with E-state index in [4.69, 9.17) is 4.52 Å². The highest BCUT2D eigenvalue weighted by Gasteiger charge is 2.21. The Bertz CT molecular complexity index is 1250. The first-order chi connectivity index (χ1) is 16.0. The molecule has 170 valence electrons. The maximum absolute atomic E-state index is 14.2. The summed E-state index contributed by atoms with van der Waals surface area (Å²) in [5.74, 6) is -3.31. The first-order valence-electron chi connectivity index (χ1n) is 9.68. The molecule has 0 radical (unpaired) electrons. The van der Waals surface area contributed by atoms with Crippen molar-refractivity contribution in [3.8, 4) is 22.9 Å². The average Bonchev–Trinajstić information content (AvgIpc) is 3.47. The fourth-order valence-corrected chi connectivity index (χ4v) is 3.01. The second-order valence-electron chi connectivity index (χ2n) is 6.95. The van der Waals surface area contributed by atoms with Crippen molar-refractivity contribution in [2.45, 2.75) is 13.0 Å². The minimum atomic E-state index is -2.90. The van der Waals surface area contributed by atoms with Crippen LogP contribution < -0.4 is 5.32 Å². The smallest absolute Gasteiger partial charge is 0.249 e. The molecule has 33 heavy (non-hydrogen) atoms. The number of alkyl halides is 2. The van der Waals surface area contributed by atoms with E-state index in [1.807, 2.05) is 0 Å². The average molecular weight is 460 g/mol. The van der Waals surface area contributed by atoms with Crippen LogP contribution in [0.5, 0.6) is 0 Å². The third-order valence-corrected chi connectivity index (χ3v) is 4.74. The van der Waals surface area contributed by atoms with Gasteiger partial charge < -0.3 is 14.6 Å². The summed E-state index contributed by atoms with van der Waals surface area (Å²) < 4.78 is 60.2. The van der Waals surface area contributed by atoms with Crippen molar-refractivity contribution in [2.75, 3.05) is 11.9 Å². The molecule has 4 aromatic rings. The molecule has 4 rings (SSSR count). The molecule has 0 bridgehead atoms. The molecular formula is C21H16F4N6O2. The Morgan fingerprint density at radius 3 is 2.64 bits per heavy atom. The Morgan fingerprint density at radius 2 is 1.94 bits per heavy atom. The lowest BCUT2D eigenvalue weighted by Crippen LogP contribution is -2.23. The second kappa shape index (κ2) is 9.59. The largest absolute Gasteiger partial charge is 0.367 e. The summed E-state index contributed by atoms with van der Waals surface area (Å²) in [6.45, 7) is -0.461. The number of anilines is 1. The summed E-state index contributed by atoms with van der Waals surface area (Å²) in [6, 6.07) is 9.32. The van der Waals surface area contributed by atoms with Crippen LogP contribution in [-0.2, 0) is 11.3 Å². The molecule has 0 fully saturated rings. The van der Waals surface area contributed by atoms with Gasteiger partial charge in [-0.05, 0) is 12.1 Å². The summed E-state index contributed by atoms with van der Waals surface area (Å²) in [5.41, 5.74) is 1.44. The van der Waals surface area contributed by atoms with E-state index in [1.54, 1.807) is 30.3 Å². The van der Waals surface area contributed by atoms with Crippen LogP contribution in [0.2, 0.25) is 0 Å². The van der Waals surface area contributed by atoms with E-state index in [2.05, 4.69) is 25.5 Å². The van der Waals surface area contributed by atoms with Crippen LogP contribution >= 0.6 is 0 Å². The van der Waals surface area contributed by atoms with Gasteiger partial charge in [-0.1, -0.05) is 23.4 Å². The molecule has 0 aliphatic heterocycles. The van der Waals surface area contributed by atoms with Gasteiger partial charge in [0.1, 0.15) is 29.8 Å². The van der Waals surface area contributed by atoms with Gasteiger partial charge in [-0.25, -0.2) is 27.5 Å². The number of rotatable bonds is 9. The standard InChI is InChI=1S/C21H16F4N6O2/c22-14-4-2-1-3-12(14)10-31-18(16-5-6-33-30-16)7-17(29-31)21-27-9-15(23)20(28-21)26-8-13(11-32)19(24)25/h1-7,9,11,13,19H,8,10H2,(H,26,27,28). The van der Waals surface area contributed by atoms with Crippen LogP contribution in [0.15, 0.2) is 53.4 Å². The summed E-state index contributed by atoms with van der Waals surface area (Å²) in [6.07, 6.45) is -0.599. The molecule has 12 heteroatoms. The van der Waals surface area contributed by atoms with Gasteiger partial charge in [0.05, 0.1) is 24.4 Å². The number of halogens is 4. The molecule has 3 aromatic heterocycles. The predicted octanol–water partition coefficient (Wildman–Crippen LogP) is 3.81. The van der Waals surface area contributed by atoms with Crippen LogP contribution in [0.3, 0.4) is 0 Å². The zero-order valence-electron chi connectivity index (χ0n) is 16.8. The van der Waals surface area contributed by atoms with Crippen molar-refractivity contribution < 1.29 is 26.9 Å². The Hall–Kier alpha value is -4.09. The van der Waals surface area contributed by atoms with Crippen LogP contribution in [0.4, 0.5) is 23.4 Å². The molecule has 0 amide bonds. The number of aldehydes is 1. The van der Waals surface area contributed by atoms with Crippen molar-refractivity contribution in [1.82, 2.24) is 24.9 Å². The van der Waals surface area contributed by atoms with Gasteiger partial charge in [0.2, 0.25) is 6.43 Å². The number of hydrogen-bond acceptors (Lipinski definition) is 7. The lowest BCUT2D eigenvalue weighted by atomic mass is 10.2. The van der Waals surface area contributed by atoms with Crippen molar-refractivity contribution in [1.29, 1.82) is 0 Å². The van der Waals surface area contributed by atoms with Gasteiger partial charge in [0.25, 0.3) is 0 Å². The van der Waals surface area contributed by atoms with Crippen LogP contribution in [0, 0.1) is 17.6 Å². The van der Waals surface area contributed by atoms with Gasteiger partial charge in [-0.2, -0.15) is 5.10 Å². The monoisotopic (exact) mass is 460 g/mol.